The molecule has 0 radical (unpaired) electrons. The van der Waals surface area contributed by atoms with Crippen molar-refractivity contribution in [1.82, 2.24) is 19.5 Å². The Hall–Kier alpha value is -2.86. The summed E-state index contributed by atoms with van der Waals surface area (Å²) >= 11 is 1.57. The predicted molar refractivity (Wildman–Crippen MR) is 110 cm³/mol. The molecule has 0 fully saturated rings. The van der Waals surface area contributed by atoms with Gasteiger partial charge in [-0.1, -0.05) is 30.0 Å². The van der Waals surface area contributed by atoms with E-state index in [2.05, 4.69) is 51.6 Å². The van der Waals surface area contributed by atoms with Crippen molar-refractivity contribution in [3.63, 3.8) is 0 Å². The molecule has 0 saturated heterocycles. The lowest BCUT2D eigenvalue weighted by molar-refractivity contribution is 0.868. The van der Waals surface area contributed by atoms with Crippen molar-refractivity contribution in [2.45, 2.75) is 31.2 Å². The maximum Gasteiger partial charge on any atom is 0.258 e. The largest absolute Gasteiger partial charge is 0.309 e. The summed E-state index contributed by atoms with van der Waals surface area (Å²) in [6.45, 7) is 6.21. The van der Waals surface area contributed by atoms with E-state index >= 15 is 0 Å². The molecule has 6 heteroatoms. The second-order valence-electron chi connectivity index (χ2n) is 6.65. The average molecular weight is 376 g/mol. The van der Waals surface area contributed by atoms with Gasteiger partial charge in [-0.2, -0.15) is 0 Å². The molecule has 0 amide bonds. The first-order valence-electron chi connectivity index (χ1n) is 8.79. The van der Waals surface area contributed by atoms with E-state index in [1.807, 2.05) is 31.3 Å². The van der Waals surface area contributed by atoms with Gasteiger partial charge in [0.25, 0.3) is 5.56 Å². The Morgan fingerprint density at radius 2 is 1.85 bits per heavy atom. The van der Waals surface area contributed by atoms with Gasteiger partial charge in [-0.05, 0) is 56.2 Å². The Balaban J connectivity index is 1.67. The Labute approximate surface area is 161 Å². The standard InChI is InChI=1S/C21H20N4OS/c1-13-10-14(2)12-16(11-13)25-9-8-22-21(25)27-15(3)19-23-18-7-5-4-6-17(18)20(26)24-19/h4-12,15H,1-3H3,(H,23,24,26). The highest BCUT2D eigenvalue weighted by Gasteiger charge is 2.16. The van der Waals surface area contributed by atoms with Crippen LogP contribution in [0.2, 0.25) is 0 Å². The molecule has 0 saturated carbocycles. The topological polar surface area (TPSA) is 63.6 Å². The molecule has 5 nitrogen and oxygen atoms in total. The summed E-state index contributed by atoms with van der Waals surface area (Å²) in [6.07, 6.45) is 3.75. The van der Waals surface area contributed by atoms with Crippen molar-refractivity contribution in [1.29, 1.82) is 0 Å². The summed E-state index contributed by atoms with van der Waals surface area (Å²) in [5, 5.41) is 1.42. The zero-order chi connectivity index (χ0) is 19.0. The fourth-order valence-electron chi connectivity index (χ4n) is 3.17. The lowest BCUT2D eigenvalue weighted by Crippen LogP contribution is -2.13. The van der Waals surface area contributed by atoms with Gasteiger partial charge in [0.05, 0.1) is 16.2 Å². The zero-order valence-electron chi connectivity index (χ0n) is 15.4. The van der Waals surface area contributed by atoms with Crippen LogP contribution < -0.4 is 5.56 Å². The molecule has 2 aromatic carbocycles. The van der Waals surface area contributed by atoms with E-state index in [1.54, 1.807) is 24.0 Å². The predicted octanol–water partition coefficient (Wildman–Crippen LogP) is 4.58. The molecule has 0 aliphatic carbocycles. The number of benzene rings is 2. The van der Waals surface area contributed by atoms with Crippen LogP contribution in [0, 0.1) is 13.8 Å². The average Bonchev–Trinajstić information content (AvgIpc) is 3.09. The number of imidazole rings is 1. The van der Waals surface area contributed by atoms with Gasteiger partial charge in [-0.3, -0.25) is 9.36 Å². The van der Waals surface area contributed by atoms with Crippen LogP contribution in [0.3, 0.4) is 0 Å². The van der Waals surface area contributed by atoms with Crippen LogP contribution in [0.25, 0.3) is 16.6 Å². The fraction of sp³-hybridized carbons (Fsp3) is 0.190. The maximum absolute atomic E-state index is 12.3. The molecular formula is C21H20N4OS. The highest BCUT2D eigenvalue weighted by Crippen LogP contribution is 2.33. The number of hydrogen-bond donors (Lipinski definition) is 1. The molecule has 0 spiro atoms. The van der Waals surface area contributed by atoms with Gasteiger partial charge in [0.2, 0.25) is 0 Å². The fourth-order valence-corrected chi connectivity index (χ4v) is 4.12. The van der Waals surface area contributed by atoms with E-state index in [4.69, 9.17) is 0 Å². The lowest BCUT2D eigenvalue weighted by atomic mass is 10.1. The second kappa shape index (κ2) is 7.04. The third-order valence-corrected chi connectivity index (χ3v) is 5.48. The van der Waals surface area contributed by atoms with Crippen LogP contribution in [0.5, 0.6) is 0 Å². The molecular weight excluding hydrogens is 356 g/mol. The van der Waals surface area contributed by atoms with Gasteiger partial charge in [0.1, 0.15) is 5.82 Å². The molecule has 4 aromatic rings. The molecule has 136 valence electrons. The highest BCUT2D eigenvalue weighted by molar-refractivity contribution is 7.99. The minimum atomic E-state index is -0.110. The second-order valence-corrected chi connectivity index (χ2v) is 7.96. The summed E-state index contributed by atoms with van der Waals surface area (Å²) in [7, 11) is 0. The number of aryl methyl sites for hydroxylation is 2. The quantitative estimate of drug-likeness (QED) is 0.530. The molecule has 2 heterocycles. The van der Waals surface area contributed by atoms with Crippen LogP contribution in [0.4, 0.5) is 0 Å². The summed E-state index contributed by atoms with van der Waals surface area (Å²) in [4.78, 5) is 24.4. The molecule has 2 aromatic heterocycles. The molecule has 1 unspecified atom stereocenters. The Morgan fingerprint density at radius 3 is 2.63 bits per heavy atom. The monoisotopic (exact) mass is 376 g/mol. The van der Waals surface area contributed by atoms with E-state index < -0.39 is 0 Å². The number of thioether (sulfide) groups is 1. The Morgan fingerprint density at radius 1 is 1.11 bits per heavy atom. The van der Waals surface area contributed by atoms with E-state index in [0.717, 1.165) is 10.8 Å². The molecule has 0 bridgehead atoms. The number of rotatable bonds is 4. The number of para-hydroxylation sites is 1. The van der Waals surface area contributed by atoms with Crippen molar-refractivity contribution in [3.05, 3.63) is 82.2 Å². The molecule has 0 aliphatic rings. The molecule has 1 N–H and O–H groups in total. The first kappa shape index (κ1) is 17.5. The summed E-state index contributed by atoms with van der Waals surface area (Å²) in [5.74, 6) is 0.652. The maximum atomic E-state index is 12.3. The minimum absolute atomic E-state index is 0.0469. The van der Waals surface area contributed by atoms with Gasteiger partial charge in [-0.25, -0.2) is 9.97 Å². The zero-order valence-corrected chi connectivity index (χ0v) is 16.2. The van der Waals surface area contributed by atoms with Crippen molar-refractivity contribution in [2.24, 2.45) is 0 Å². The smallest absolute Gasteiger partial charge is 0.258 e. The van der Waals surface area contributed by atoms with Crippen LogP contribution in [0.15, 0.2) is 64.8 Å². The minimum Gasteiger partial charge on any atom is -0.309 e. The van der Waals surface area contributed by atoms with Crippen LogP contribution >= 0.6 is 11.8 Å². The number of nitrogens with zero attached hydrogens (tertiary/aromatic N) is 3. The van der Waals surface area contributed by atoms with Crippen LogP contribution in [0.1, 0.15) is 29.1 Å². The van der Waals surface area contributed by atoms with Crippen molar-refractivity contribution in [3.8, 4) is 5.69 Å². The number of nitrogens with one attached hydrogen (secondary N) is 1. The van der Waals surface area contributed by atoms with Crippen LogP contribution in [-0.4, -0.2) is 19.5 Å². The SMILES string of the molecule is Cc1cc(C)cc(-n2ccnc2SC(C)c2nc3ccccc3c(=O)[nH]2)c1. The Kier molecular flexibility index (Phi) is 4.58. The van der Waals surface area contributed by atoms with E-state index in [9.17, 15) is 4.79 Å². The number of aromatic nitrogens is 4. The first-order chi connectivity index (χ1) is 13.0. The number of fused-ring (bicyclic) bond motifs is 1. The van der Waals surface area contributed by atoms with Gasteiger partial charge in [-0.15, -0.1) is 0 Å². The molecule has 4 rings (SSSR count). The third-order valence-electron chi connectivity index (χ3n) is 4.39. The Bertz CT molecular complexity index is 1160. The molecule has 27 heavy (non-hydrogen) atoms. The molecule has 0 aliphatic heterocycles. The number of hydrogen-bond acceptors (Lipinski definition) is 4. The van der Waals surface area contributed by atoms with Gasteiger partial charge < -0.3 is 4.98 Å². The van der Waals surface area contributed by atoms with Crippen molar-refractivity contribution < 1.29 is 0 Å². The first-order valence-corrected chi connectivity index (χ1v) is 9.67. The molecule has 1 atom stereocenters. The summed E-state index contributed by atoms with van der Waals surface area (Å²) in [5.41, 5.74) is 4.10. The van der Waals surface area contributed by atoms with E-state index in [0.29, 0.717) is 16.7 Å². The highest BCUT2D eigenvalue weighted by atomic mass is 32.2. The van der Waals surface area contributed by atoms with Gasteiger partial charge >= 0.3 is 0 Å². The lowest BCUT2D eigenvalue weighted by Gasteiger charge is -2.13. The van der Waals surface area contributed by atoms with Crippen LogP contribution in [-0.2, 0) is 0 Å². The van der Waals surface area contributed by atoms with Gasteiger partial charge in [0.15, 0.2) is 5.16 Å². The number of H-pyrrole nitrogens is 1. The normalized spacial score (nSPS) is 12.4. The van der Waals surface area contributed by atoms with E-state index in [-0.39, 0.29) is 10.8 Å². The van der Waals surface area contributed by atoms with Gasteiger partial charge in [0, 0.05) is 18.1 Å². The third kappa shape index (κ3) is 3.53. The summed E-state index contributed by atoms with van der Waals surface area (Å²) in [6, 6.07) is 13.8. The summed E-state index contributed by atoms with van der Waals surface area (Å²) < 4.78 is 2.07. The van der Waals surface area contributed by atoms with Crippen molar-refractivity contribution >= 4 is 22.7 Å². The van der Waals surface area contributed by atoms with Crippen molar-refractivity contribution in [2.75, 3.05) is 0 Å². The number of aromatic amines is 1. The van der Waals surface area contributed by atoms with E-state index in [1.165, 1.54) is 11.1 Å².